The van der Waals surface area contributed by atoms with Gasteiger partial charge < -0.3 is 19.7 Å². The van der Waals surface area contributed by atoms with E-state index < -0.39 is 17.7 Å². The van der Waals surface area contributed by atoms with E-state index in [1.807, 2.05) is 37.3 Å². The van der Waals surface area contributed by atoms with E-state index in [0.717, 1.165) is 27.6 Å². The Balaban J connectivity index is 1.74. The summed E-state index contributed by atoms with van der Waals surface area (Å²) in [6.07, 6.45) is 5.08. The summed E-state index contributed by atoms with van der Waals surface area (Å²) in [4.78, 5) is 35.4. The van der Waals surface area contributed by atoms with Crippen molar-refractivity contribution in [3.05, 3.63) is 101 Å². The number of rotatable bonds is 5. The van der Waals surface area contributed by atoms with Crippen molar-refractivity contribution in [3.8, 4) is 5.75 Å². The number of aliphatic hydroxyl groups is 1. The molecule has 0 saturated carbocycles. The van der Waals surface area contributed by atoms with E-state index in [1.54, 1.807) is 42.9 Å². The highest BCUT2D eigenvalue weighted by Gasteiger charge is 2.47. The van der Waals surface area contributed by atoms with Gasteiger partial charge in [-0.1, -0.05) is 29.8 Å². The number of hydrogen-bond acceptors (Lipinski definition) is 5. The number of likely N-dealkylation sites (tertiary alicyclic amines) is 1. The number of pyridine rings is 1. The van der Waals surface area contributed by atoms with Gasteiger partial charge in [-0.25, -0.2) is 0 Å². The fraction of sp³-hybridized carbons (Fsp3) is 0.148. The number of aromatic nitrogens is 2. The van der Waals surface area contributed by atoms with Crippen molar-refractivity contribution in [2.24, 2.45) is 0 Å². The third-order valence-corrected chi connectivity index (χ3v) is 6.17. The number of hydrogen-bond donors (Lipinski definition) is 2. The van der Waals surface area contributed by atoms with Gasteiger partial charge in [0.1, 0.15) is 11.5 Å². The number of Topliss-reactive ketones (excluding diaryl/α,β-unsaturated/α-hetero) is 1. The molecule has 1 saturated heterocycles. The van der Waals surface area contributed by atoms with Crippen molar-refractivity contribution >= 4 is 28.4 Å². The number of ketones is 1. The van der Waals surface area contributed by atoms with E-state index in [-0.39, 0.29) is 17.9 Å². The molecular weight excluding hydrogens is 430 g/mol. The smallest absolute Gasteiger partial charge is 0.295 e. The maximum atomic E-state index is 13.4. The van der Waals surface area contributed by atoms with Crippen LogP contribution in [-0.2, 0) is 16.1 Å². The van der Waals surface area contributed by atoms with Gasteiger partial charge >= 0.3 is 0 Å². The zero-order valence-electron chi connectivity index (χ0n) is 18.8. The number of aromatic amines is 1. The molecule has 1 atom stereocenters. The molecule has 170 valence electrons. The van der Waals surface area contributed by atoms with Crippen LogP contribution in [0.25, 0.3) is 16.7 Å². The van der Waals surface area contributed by atoms with Crippen molar-refractivity contribution < 1.29 is 19.4 Å². The van der Waals surface area contributed by atoms with Gasteiger partial charge in [0, 0.05) is 41.6 Å². The zero-order chi connectivity index (χ0) is 23.8. The minimum Gasteiger partial charge on any atom is -0.507 e. The number of methoxy groups -OCH3 is 1. The highest BCUT2D eigenvalue weighted by Crippen LogP contribution is 2.43. The lowest BCUT2D eigenvalue weighted by atomic mass is 9.94. The highest BCUT2D eigenvalue weighted by molar-refractivity contribution is 6.46. The first kappa shape index (κ1) is 21.5. The average molecular weight is 453 g/mol. The number of carbonyl (C=O) groups excluding carboxylic acids is 2. The van der Waals surface area contributed by atoms with Crippen LogP contribution >= 0.6 is 0 Å². The normalized spacial score (nSPS) is 17.5. The molecule has 1 amide bonds. The monoisotopic (exact) mass is 453 g/mol. The van der Waals surface area contributed by atoms with Crippen molar-refractivity contribution in [1.82, 2.24) is 14.9 Å². The van der Waals surface area contributed by atoms with Crippen molar-refractivity contribution in [2.75, 3.05) is 7.11 Å². The Morgan fingerprint density at radius 2 is 1.88 bits per heavy atom. The molecule has 5 rings (SSSR count). The summed E-state index contributed by atoms with van der Waals surface area (Å²) in [5.41, 5.74) is 3.73. The van der Waals surface area contributed by atoms with Crippen LogP contribution in [0.2, 0.25) is 0 Å². The maximum absolute atomic E-state index is 13.4. The minimum atomic E-state index is -0.783. The molecule has 0 bridgehead atoms. The van der Waals surface area contributed by atoms with Crippen molar-refractivity contribution in [1.29, 1.82) is 0 Å². The Kier molecular flexibility index (Phi) is 5.37. The molecule has 1 unspecified atom stereocenters. The molecule has 2 aromatic carbocycles. The second kappa shape index (κ2) is 8.51. The van der Waals surface area contributed by atoms with Gasteiger partial charge in [-0.15, -0.1) is 0 Å². The Morgan fingerprint density at radius 1 is 1.12 bits per heavy atom. The predicted molar refractivity (Wildman–Crippen MR) is 128 cm³/mol. The predicted octanol–water partition coefficient (Wildman–Crippen LogP) is 4.50. The molecule has 1 fully saturated rings. The molecular formula is C27H23N3O4. The number of nitrogens with one attached hydrogen (secondary N) is 1. The molecule has 0 radical (unpaired) electrons. The zero-order valence-corrected chi connectivity index (χ0v) is 18.8. The first-order valence-corrected chi connectivity index (χ1v) is 10.9. The number of amides is 1. The topological polar surface area (TPSA) is 95.5 Å². The molecule has 2 N–H and O–H groups in total. The molecule has 4 aromatic rings. The molecule has 2 aromatic heterocycles. The molecule has 1 aliphatic rings. The van der Waals surface area contributed by atoms with Crippen LogP contribution in [0.4, 0.5) is 0 Å². The summed E-state index contributed by atoms with van der Waals surface area (Å²) in [7, 11) is 1.50. The fourth-order valence-corrected chi connectivity index (χ4v) is 4.52. The van der Waals surface area contributed by atoms with Crippen LogP contribution in [0.1, 0.15) is 28.3 Å². The summed E-state index contributed by atoms with van der Waals surface area (Å²) in [6.45, 7) is 2.08. The Morgan fingerprint density at radius 3 is 2.65 bits per heavy atom. The number of carbonyl (C=O) groups is 2. The second-order valence-electron chi connectivity index (χ2n) is 8.28. The number of nitrogens with zero attached hydrogens (tertiary/aromatic N) is 2. The van der Waals surface area contributed by atoms with Gasteiger partial charge in [0.05, 0.1) is 24.3 Å². The van der Waals surface area contributed by atoms with E-state index in [1.165, 1.54) is 12.0 Å². The lowest BCUT2D eigenvalue weighted by Crippen LogP contribution is -2.29. The second-order valence-corrected chi connectivity index (χ2v) is 8.28. The number of benzene rings is 2. The molecule has 34 heavy (non-hydrogen) atoms. The van der Waals surface area contributed by atoms with E-state index >= 15 is 0 Å². The third-order valence-electron chi connectivity index (χ3n) is 6.17. The Labute approximate surface area is 196 Å². The van der Waals surface area contributed by atoms with Crippen LogP contribution in [-0.4, -0.2) is 38.8 Å². The van der Waals surface area contributed by atoms with Crippen LogP contribution in [0.5, 0.6) is 5.75 Å². The quantitative estimate of drug-likeness (QED) is 0.264. The average Bonchev–Trinajstić information content (AvgIpc) is 3.38. The summed E-state index contributed by atoms with van der Waals surface area (Å²) in [5.74, 6) is -1.24. The Hall–Kier alpha value is -4.39. The van der Waals surface area contributed by atoms with Gasteiger partial charge in [-0.2, -0.15) is 0 Å². The Bertz CT molecular complexity index is 1440. The molecule has 3 heterocycles. The molecule has 0 aliphatic carbocycles. The SMILES string of the molecule is COc1ccc(C)cc1/C(O)=C1\C(=O)C(=O)N(Cc2ccncc2)C1c1c[nH]c2ccccc12. The van der Waals surface area contributed by atoms with E-state index in [9.17, 15) is 14.7 Å². The number of fused-ring (bicyclic) bond motifs is 1. The van der Waals surface area contributed by atoms with Crippen LogP contribution in [0.3, 0.4) is 0 Å². The summed E-state index contributed by atoms with van der Waals surface area (Å²) >= 11 is 0. The summed E-state index contributed by atoms with van der Waals surface area (Å²) < 4.78 is 5.44. The van der Waals surface area contributed by atoms with Gasteiger partial charge in [-0.05, 0) is 42.8 Å². The minimum absolute atomic E-state index is 0.0349. The fourth-order valence-electron chi connectivity index (χ4n) is 4.52. The largest absolute Gasteiger partial charge is 0.507 e. The van der Waals surface area contributed by atoms with Gasteiger partial charge in [0.25, 0.3) is 11.7 Å². The van der Waals surface area contributed by atoms with Gasteiger partial charge in [-0.3, -0.25) is 14.6 Å². The van der Waals surface area contributed by atoms with E-state index in [4.69, 9.17) is 4.74 Å². The van der Waals surface area contributed by atoms with Gasteiger partial charge in [0.15, 0.2) is 0 Å². The first-order chi connectivity index (χ1) is 16.5. The summed E-state index contributed by atoms with van der Waals surface area (Å²) in [5, 5.41) is 12.3. The number of aliphatic hydroxyl groups excluding tert-OH is 1. The maximum Gasteiger partial charge on any atom is 0.295 e. The molecule has 0 spiro atoms. The standard InChI is InChI=1S/C27H23N3O4/c1-16-7-8-22(34-2)19(13-16)25(31)23-24(20-14-29-21-6-4-3-5-18(20)21)30(27(33)26(23)32)15-17-9-11-28-12-10-17/h3-14,24,29,31H,15H2,1-2H3/b25-23+. The number of aryl methyl sites for hydroxylation is 1. The molecule has 7 nitrogen and oxygen atoms in total. The number of para-hydroxylation sites is 1. The number of ether oxygens (including phenoxy) is 1. The van der Waals surface area contributed by atoms with Crippen molar-refractivity contribution in [2.45, 2.75) is 19.5 Å². The molecule has 7 heteroatoms. The highest BCUT2D eigenvalue weighted by atomic mass is 16.5. The lowest BCUT2D eigenvalue weighted by Gasteiger charge is -2.25. The summed E-state index contributed by atoms with van der Waals surface area (Å²) in [6, 6.07) is 15.8. The first-order valence-electron chi connectivity index (χ1n) is 10.9. The van der Waals surface area contributed by atoms with Crippen LogP contribution < -0.4 is 4.74 Å². The third kappa shape index (κ3) is 3.51. The number of H-pyrrole nitrogens is 1. The van der Waals surface area contributed by atoms with Crippen LogP contribution in [0, 0.1) is 6.92 Å². The van der Waals surface area contributed by atoms with Crippen molar-refractivity contribution in [3.63, 3.8) is 0 Å². The van der Waals surface area contributed by atoms with Crippen LogP contribution in [0.15, 0.2) is 78.8 Å². The lowest BCUT2D eigenvalue weighted by molar-refractivity contribution is -0.140. The van der Waals surface area contributed by atoms with E-state index in [2.05, 4.69) is 9.97 Å². The van der Waals surface area contributed by atoms with E-state index in [0.29, 0.717) is 11.3 Å². The molecule has 1 aliphatic heterocycles. The van der Waals surface area contributed by atoms with Gasteiger partial charge in [0.2, 0.25) is 0 Å².